The van der Waals surface area contributed by atoms with E-state index in [9.17, 15) is 4.79 Å². The highest BCUT2D eigenvalue weighted by Gasteiger charge is 2.34. The van der Waals surface area contributed by atoms with Crippen LogP contribution >= 0.6 is 27.3 Å². The van der Waals surface area contributed by atoms with Crippen LogP contribution in [0.25, 0.3) is 0 Å². The summed E-state index contributed by atoms with van der Waals surface area (Å²) in [6.07, 6.45) is 2.97. The monoisotopic (exact) mass is 402 g/mol. The van der Waals surface area contributed by atoms with Gasteiger partial charge in [0.15, 0.2) is 0 Å². The number of amides is 1. The van der Waals surface area contributed by atoms with E-state index in [0.29, 0.717) is 12.1 Å². The van der Waals surface area contributed by atoms with E-state index in [1.165, 1.54) is 4.88 Å². The number of ether oxygens (including phenoxy) is 1. The van der Waals surface area contributed by atoms with E-state index in [2.05, 4.69) is 39.6 Å². The van der Waals surface area contributed by atoms with Crippen molar-refractivity contribution < 1.29 is 9.53 Å². The summed E-state index contributed by atoms with van der Waals surface area (Å²) in [6.45, 7) is 9.56. The van der Waals surface area contributed by atoms with Gasteiger partial charge >= 0.3 is 6.09 Å². The van der Waals surface area contributed by atoms with Crippen molar-refractivity contribution in [3.63, 3.8) is 0 Å². The Bertz CT molecular complexity index is 523. The minimum Gasteiger partial charge on any atom is -0.444 e. The van der Waals surface area contributed by atoms with E-state index >= 15 is 0 Å². The number of nitrogens with zero attached hydrogens (tertiary/aromatic N) is 1. The Kier molecular flexibility index (Phi) is 6.51. The predicted octanol–water partition coefficient (Wildman–Crippen LogP) is 4.95. The summed E-state index contributed by atoms with van der Waals surface area (Å²) in [7, 11) is 0. The molecule has 1 saturated carbocycles. The lowest BCUT2D eigenvalue weighted by Gasteiger charge is -2.27. The van der Waals surface area contributed by atoms with Crippen LogP contribution in [0, 0.1) is 0 Å². The third-order valence-electron chi connectivity index (χ3n) is 3.68. The van der Waals surface area contributed by atoms with Gasteiger partial charge in [0.1, 0.15) is 5.60 Å². The number of thiophene rings is 1. The first-order valence-electron chi connectivity index (χ1n) is 8.24. The largest absolute Gasteiger partial charge is 0.444 e. The normalized spacial score (nSPS) is 16.2. The molecular formula is C17H27BrN2O2S. The van der Waals surface area contributed by atoms with Crippen LogP contribution in [0.2, 0.25) is 0 Å². The zero-order chi connectivity index (χ0) is 17.0. The number of carbonyl (C=O) groups excluding carboxylic acids is 1. The average Bonchev–Trinajstić information content (AvgIpc) is 3.17. The maximum Gasteiger partial charge on any atom is 0.410 e. The summed E-state index contributed by atoms with van der Waals surface area (Å²) in [4.78, 5) is 15.5. The van der Waals surface area contributed by atoms with E-state index < -0.39 is 5.60 Å². The molecule has 1 aliphatic carbocycles. The van der Waals surface area contributed by atoms with Gasteiger partial charge in [0.25, 0.3) is 0 Å². The molecule has 6 heteroatoms. The molecule has 1 aliphatic rings. The summed E-state index contributed by atoms with van der Waals surface area (Å²) in [6, 6.07) is 2.78. The number of carbonyl (C=O) groups is 1. The molecule has 4 nitrogen and oxygen atoms in total. The molecule has 23 heavy (non-hydrogen) atoms. The number of hydrogen-bond donors (Lipinski definition) is 1. The molecule has 1 fully saturated rings. The highest BCUT2D eigenvalue weighted by molar-refractivity contribution is 9.10. The molecule has 1 amide bonds. The first kappa shape index (κ1) is 18.7. The van der Waals surface area contributed by atoms with Crippen molar-refractivity contribution in [2.45, 2.75) is 64.6 Å². The van der Waals surface area contributed by atoms with Crippen molar-refractivity contribution in [3.05, 3.63) is 20.8 Å². The molecule has 1 atom stereocenters. The van der Waals surface area contributed by atoms with Crippen molar-refractivity contribution in [3.8, 4) is 0 Å². The standard InChI is InChI=1S/C17H27BrN2O2S/c1-12(15-14(18)8-11-23-15)19-9-5-10-20(13-6-7-13)16(21)22-17(2,3)4/h8,11-13,19H,5-7,9-10H2,1-4H3. The minimum absolute atomic E-state index is 0.172. The van der Waals surface area contributed by atoms with Gasteiger partial charge in [-0.15, -0.1) is 11.3 Å². The van der Waals surface area contributed by atoms with Gasteiger partial charge in [0.05, 0.1) is 0 Å². The topological polar surface area (TPSA) is 41.6 Å². The van der Waals surface area contributed by atoms with Crippen molar-refractivity contribution in [1.82, 2.24) is 10.2 Å². The number of hydrogen-bond acceptors (Lipinski definition) is 4. The van der Waals surface area contributed by atoms with Gasteiger partial charge in [-0.05, 0) is 80.9 Å². The molecule has 0 bridgehead atoms. The zero-order valence-corrected chi connectivity index (χ0v) is 16.8. The quantitative estimate of drug-likeness (QED) is 0.655. The Labute approximate surface area is 151 Å². The molecule has 2 rings (SSSR count). The van der Waals surface area contributed by atoms with Crippen LogP contribution < -0.4 is 5.32 Å². The van der Waals surface area contributed by atoms with E-state index in [4.69, 9.17) is 4.74 Å². The number of nitrogens with one attached hydrogen (secondary N) is 1. The van der Waals surface area contributed by atoms with Gasteiger partial charge in [-0.1, -0.05) is 0 Å². The first-order valence-corrected chi connectivity index (χ1v) is 9.91. The van der Waals surface area contributed by atoms with Gasteiger partial charge in [-0.25, -0.2) is 4.79 Å². The van der Waals surface area contributed by atoms with Crippen LogP contribution in [-0.2, 0) is 4.74 Å². The molecular weight excluding hydrogens is 376 g/mol. The van der Waals surface area contributed by atoms with Crippen molar-refractivity contribution >= 4 is 33.4 Å². The third kappa shape index (κ3) is 6.08. The predicted molar refractivity (Wildman–Crippen MR) is 99.0 cm³/mol. The lowest BCUT2D eigenvalue weighted by molar-refractivity contribution is 0.0232. The van der Waals surface area contributed by atoms with Crippen LogP contribution in [-0.4, -0.2) is 35.7 Å². The molecule has 130 valence electrons. The third-order valence-corrected chi connectivity index (χ3v) is 5.73. The fourth-order valence-electron chi connectivity index (χ4n) is 2.40. The number of halogens is 1. The molecule has 0 aromatic carbocycles. The van der Waals surface area contributed by atoms with Crippen LogP contribution in [0.4, 0.5) is 4.79 Å². The van der Waals surface area contributed by atoms with E-state index in [0.717, 1.165) is 36.8 Å². The fourth-order valence-corrected chi connectivity index (χ4v) is 4.15. The molecule has 1 heterocycles. The minimum atomic E-state index is -0.428. The van der Waals surface area contributed by atoms with Crippen LogP contribution in [0.15, 0.2) is 15.9 Å². The Balaban J connectivity index is 1.75. The fraction of sp³-hybridized carbons (Fsp3) is 0.706. The van der Waals surface area contributed by atoms with Gasteiger partial charge < -0.3 is 15.0 Å². The lowest BCUT2D eigenvalue weighted by Crippen LogP contribution is -2.39. The Morgan fingerprint density at radius 3 is 2.74 bits per heavy atom. The summed E-state index contributed by atoms with van der Waals surface area (Å²) in [5.74, 6) is 0. The highest BCUT2D eigenvalue weighted by Crippen LogP contribution is 2.29. The number of rotatable bonds is 7. The smallest absolute Gasteiger partial charge is 0.410 e. The maximum atomic E-state index is 12.3. The molecule has 1 N–H and O–H groups in total. The van der Waals surface area contributed by atoms with Crippen LogP contribution in [0.3, 0.4) is 0 Å². The van der Waals surface area contributed by atoms with Gasteiger partial charge in [0, 0.05) is 28.0 Å². The maximum absolute atomic E-state index is 12.3. The highest BCUT2D eigenvalue weighted by atomic mass is 79.9. The molecule has 0 aliphatic heterocycles. The molecule has 0 saturated heterocycles. The Morgan fingerprint density at radius 2 is 2.22 bits per heavy atom. The zero-order valence-electron chi connectivity index (χ0n) is 14.4. The molecule has 0 spiro atoms. The van der Waals surface area contributed by atoms with E-state index in [1.807, 2.05) is 25.7 Å². The SMILES string of the molecule is CC(NCCCN(C(=O)OC(C)(C)C)C1CC1)c1sccc1Br. The van der Waals surface area contributed by atoms with Gasteiger partial charge in [-0.3, -0.25) is 0 Å². The van der Waals surface area contributed by atoms with Gasteiger partial charge in [0.2, 0.25) is 0 Å². The van der Waals surface area contributed by atoms with Gasteiger partial charge in [-0.2, -0.15) is 0 Å². The second-order valence-electron chi connectivity index (χ2n) is 7.07. The van der Waals surface area contributed by atoms with Crippen LogP contribution in [0.1, 0.15) is 57.9 Å². The molecule has 1 aromatic heterocycles. The average molecular weight is 403 g/mol. The second kappa shape index (κ2) is 7.99. The summed E-state index contributed by atoms with van der Waals surface area (Å²) in [5, 5.41) is 5.62. The van der Waals surface area contributed by atoms with Crippen molar-refractivity contribution in [2.75, 3.05) is 13.1 Å². The second-order valence-corrected chi connectivity index (χ2v) is 8.87. The summed E-state index contributed by atoms with van der Waals surface area (Å²) in [5.41, 5.74) is -0.428. The molecule has 1 unspecified atom stereocenters. The first-order chi connectivity index (χ1) is 10.8. The lowest BCUT2D eigenvalue weighted by atomic mass is 10.2. The Hall–Kier alpha value is -0.590. The summed E-state index contributed by atoms with van der Waals surface area (Å²) >= 11 is 5.33. The van der Waals surface area contributed by atoms with E-state index in [-0.39, 0.29) is 6.09 Å². The summed E-state index contributed by atoms with van der Waals surface area (Å²) < 4.78 is 6.68. The van der Waals surface area contributed by atoms with E-state index in [1.54, 1.807) is 11.3 Å². The Morgan fingerprint density at radius 1 is 1.52 bits per heavy atom. The van der Waals surface area contributed by atoms with Crippen molar-refractivity contribution in [2.24, 2.45) is 0 Å². The molecule has 0 radical (unpaired) electrons. The van der Waals surface area contributed by atoms with Crippen LogP contribution in [0.5, 0.6) is 0 Å². The molecule has 1 aromatic rings. The van der Waals surface area contributed by atoms with Crippen molar-refractivity contribution in [1.29, 1.82) is 0 Å².